The molecule has 0 aliphatic rings. The average Bonchev–Trinajstić information content (AvgIpc) is 2.50. The smallest absolute Gasteiger partial charge is 0.137 e. The van der Waals surface area contributed by atoms with E-state index in [0.717, 1.165) is 16.9 Å². The molecule has 0 aliphatic carbocycles. The summed E-state index contributed by atoms with van der Waals surface area (Å²) in [6, 6.07) is 13.8. The van der Waals surface area contributed by atoms with Gasteiger partial charge in [0, 0.05) is 0 Å². The minimum Gasteiger partial charge on any atom is -0.497 e. The van der Waals surface area contributed by atoms with Crippen molar-refractivity contribution in [2.24, 2.45) is 0 Å². The molecule has 0 amide bonds. The summed E-state index contributed by atoms with van der Waals surface area (Å²) in [6.45, 7) is 0. The van der Waals surface area contributed by atoms with Gasteiger partial charge in [0.25, 0.3) is 0 Å². The molecule has 3 nitrogen and oxygen atoms in total. The number of hydrogen-bond donors (Lipinski definition) is 1. The average molecular weight is 292 g/mol. The third-order valence-electron chi connectivity index (χ3n) is 3.22. The van der Waals surface area contributed by atoms with Gasteiger partial charge in [-0.15, -0.1) is 0 Å². The molecule has 1 unspecified atom stereocenters. The van der Waals surface area contributed by atoms with E-state index in [1.165, 1.54) is 0 Å². The van der Waals surface area contributed by atoms with E-state index in [0.29, 0.717) is 10.8 Å². The normalized spacial score (nSPS) is 12.0. The van der Waals surface area contributed by atoms with Crippen LogP contribution in [0.15, 0.2) is 42.5 Å². The van der Waals surface area contributed by atoms with Crippen LogP contribution in [-0.4, -0.2) is 21.3 Å². The summed E-state index contributed by atoms with van der Waals surface area (Å²) in [5.41, 5.74) is 2.21. The van der Waals surface area contributed by atoms with Crippen molar-refractivity contribution in [2.45, 2.75) is 6.04 Å². The molecule has 0 radical (unpaired) electrons. The summed E-state index contributed by atoms with van der Waals surface area (Å²) >= 11 is 6.07. The molecular formula is C16H18ClNO2. The van der Waals surface area contributed by atoms with Crippen LogP contribution in [-0.2, 0) is 0 Å². The lowest BCUT2D eigenvalue weighted by molar-refractivity contribution is 0.413. The van der Waals surface area contributed by atoms with Crippen molar-refractivity contribution in [3.05, 3.63) is 58.6 Å². The minimum atomic E-state index is 0.0521. The zero-order chi connectivity index (χ0) is 14.5. The molecule has 0 bridgehead atoms. The first-order chi connectivity index (χ1) is 9.69. The van der Waals surface area contributed by atoms with E-state index in [1.54, 1.807) is 14.2 Å². The summed E-state index contributed by atoms with van der Waals surface area (Å²) in [5.74, 6) is 1.51. The zero-order valence-corrected chi connectivity index (χ0v) is 12.6. The molecule has 0 aliphatic heterocycles. The van der Waals surface area contributed by atoms with Crippen LogP contribution in [0.4, 0.5) is 0 Å². The molecule has 0 saturated carbocycles. The fraction of sp³-hybridized carbons (Fsp3) is 0.250. The fourth-order valence-electron chi connectivity index (χ4n) is 2.20. The van der Waals surface area contributed by atoms with Gasteiger partial charge in [0.05, 0.1) is 25.3 Å². The van der Waals surface area contributed by atoms with Crippen molar-refractivity contribution in [3.8, 4) is 11.5 Å². The highest BCUT2D eigenvalue weighted by molar-refractivity contribution is 6.32. The van der Waals surface area contributed by atoms with Crippen LogP contribution in [0.2, 0.25) is 5.02 Å². The fourth-order valence-corrected chi connectivity index (χ4v) is 2.40. The molecule has 106 valence electrons. The Morgan fingerprint density at radius 3 is 2.40 bits per heavy atom. The predicted octanol–water partition coefficient (Wildman–Crippen LogP) is 3.67. The lowest BCUT2D eigenvalue weighted by atomic mass is 9.98. The van der Waals surface area contributed by atoms with Gasteiger partial charge in [0.2, 0.25) is 0 Å². The van der Waals surface area contributed by atoms with Crippen molar-refractivity contribution in [1.29, 1.82) is 0 Å². The Kier molecular flexibility index (Phi) is 4.88. The van der Waals surface area contributed by atoms with Crippen molar-refractivity contribution >= 4 is 11.6 Å². The van der Waals surface area contributed by atoms with Crippen LogP contribution >= 0.6 is 11.6 Å². The molecule has 0 aromatic heterocycles. The molecule has 0 saturated heterocycles. The zero-order valence-electron chi connectivity index (χ0n) is 11.8. The monoisotopic (exact) mass is 291 g/mol. The quantitative estimate of drug-likeness (QED) is 0.912. The van der Waals surface area contributed by atoms with Crippen LogP contribution in [0.1, 0.15) is 17.2 Å². The summed E-state index contributed by atoms with van der Waals surface area (Å²) in [4.78, 5) is 0. The van der Waals surface area contributed by atoms with Gasteiger partial charge in [-0.25, -0.2) is 0 Å². The van der Waals surface area contributed by atoms with Gasteiger partial charge in [-0.3, -0.25) is 0 Å². The number of rotatable bonds is 5. The second-order valence-corrected chi connectivity index (χ2v) is 4.80. The SMILES string of the molecule is CNC(c1cccc(OC)c1)c1ccc(Cl)c(OC)c1. The lowest BCUT2D eigenvalue weighted by Gasteiger charge is -2.19. The van der Waals surface area contributed by atoms with Gasteiger partial charge in [-0.2, -0.15) is 0 Å². The first kappa shape index (κ1) is 14.7. The maximum atomic E-state index is 6.07. The highest BCUT2D eigenvalue weighted by atomic mass is 35.5. The van der Waals surface area contributed by atoms with Crippen LogP contribution in [0.25, 0.3) is 0 Å². The number of ether oxygens (including phenoxy) is 2. The van der Waals surface area contributed by atoms with Crippen LogP contribution in [0, 0.1) is 0 Å². The van der Waals surface area contributed by atoms with Gasteiger partial charge in [0.15, 0.2) is 0 Å². The highest BCUT2D eigenvalue weighted by Gasteiger charge is 2.14. The molecule has 1 N–H and O–H groups in total. The van der Waals surface area contributed by atoms with E-state index in [1.807, 2.05) is 43.4 Å². The van der Waals surface area contributed by atoms with Gasteiger partial charge in [0.1, 0.15) is 11.5 Å². The van der Waals surface area contributed by atoms with Crippen LogP contribution in [0.3, 0.4) is 0 Å². The van der Waals surface area contributed by atoms with Crippen LogP contribution < -0.4 is 14.8 Å². The second-order valence-electron chi connectivity index (χ2n) is 4.39. The molecule has 20 heavy (non-hydrogen) atoms. The number of hydrogen-bond acceptors (Lipinski definition) is 3. The summed E-state index contributed by atoms with van der Waals surface area (Å²) in [6.07, 6.45) is 0. The van der Waals surface area contributed by atoms with Crippen LogP contribution in [0.5, 0.6) is 11.5 Å². The van der Waals surface area contributed by atoms with Crippen molar-refractivity contribution < 1.29 is 9.47 Å². The number of nitrogens with one attached hydrogen (secondary N) is 1. The van der Waals surface area contributed by atoms with Gasteiger partial charge >= 0.3 is 0 Å². The van der Waals surface area contributed by atoms with E-state index in [2.05, 4.69) is 11.4 Å². The Morgan fingerprint density at radius 1 is 1.00 bits per heavy atom. The van der Waals surface area contributed by atoms with E-state index >= 15 is 0 Å². The molecule has 0 fully saturated rings. The largest absolute Gasteiger partial charge is 0.497 e. The number of benzene rings is 2. The van der Waals surface area contributed by atoms with Crippen molar-refractivity contribution in [1.82, 2.24) is 5.32 Å². The Balaban J connectivity index is 2.41. The Labute approximate surface area is 124 Å². The molecule has 0 heterocycles. The Hall–Kier alpha value is -1.71. The maximum Gasteiger partial charge on any atom is 0.137 e. The van der Waals surface area contributed by atoms with E-state index < -0.39 is 0 Å². The molecule has 1 atom stereocenters. The minimum absolute atomic E-state index is 0.0521. The predicted molar refractivity (Wildman–Crippen MR) is 81.9 cm³/mol. The molecule has 4 heteroatoms. The third-order valence-corrected chi connectivity index (χ3v) is 3.54. The molecule has 2 rings (SSSR count). The van der Waals surface area contributed by atoms with Gasteiger partial charge in [-0.1, -0.05) is 29.8 Å². The molecule has 0 spiro atoms. The first-order valence-corrected chi connectivity index (χ1v) is 6.72. The maximum absolute atomic E-state index is 6.07. The molecule has 2 aromatic carbocycles. The standard InChI is InChI=1S/C16H18ClNO2/c1-18-16(11-5-4-6-13(9-11)19-2)12-7-8-14(17)15(10-12)20-3/h4-10,16,18H,1-3H3. The van der Waals surface area contributed by atoms with Crippen molar-refractivity contribution in [3.63, 3.8) is 0 Å². The highest BCUT2D eigenvalue weighted by Crippen LogP contribution is 2.31. The number of methoxy groups -OCH3 is 2. The summed E-state index contributed by atoms with van der Waals surface area (Å²) < 4.78 is 10.6. The first-order valence-electron chi connectivity index (χ1n) is 6.34. The lowest BCUT2D eigenvalue weighted by Crippen LogP contribution is -2.17. The van der Waals surface area contributed by atoms with E-state index in [-0.39, 0.29) is 6.04 Å². The Bertz CT molecular complexity index is 586. The third kappa shape index (κ3) is 3.06. The number of halogens is 1. The van der Waals surface area contributed by atoms with Gasteiger partial charge < -0.3 is 14.8 Å². The topological polar surface area (TPSA) is 30.5 Å². The van der Waals surface area contributed by atoms with Crippen molar-refractivity contribution in [2.75, 3.05) is 21.3 Å². The van der Waals surface area contributed by atoms with Gasteiger partial charge in [-0.05, 0) is 42.4 Å². The van der Waals surface area contributed by atoms with E-state index in [4.69, 9.17) is 21.1 Å². The second kappa shape index (κ2) is 6.64. The Morgan fingerprint density at radius 2 is 1.75 bits per heavy atom. The summed E-state index contributed by atoms with van der Waals surface area (Å²) in [5, 5.41) is 3.91. The van der Waals surface area contributed by atoms with E-state index in [9.17, 15) is 0 Å². The molecule has 2 aromatic rings. The molecular weight excluding hydrogens is 274 g/mol. The summed E-state index contributed by atoms with van der Waals surface area (Å²) in [7, 11) is 5.20.